The van der Waals surface area contributed by atoms with Crippen LogP contribution >= 0.6 is 15.9 Å². The fourth-order valence-electron chi connectivity index (χ4n) is 1.76. The topological polar surface area (TPSA) is 32.7 Å². The van der Waals surface area contributed by atoms with Gasteiger partial charge >= 0.3 is 0 Å². The highest BCUT2D eigenvalue weighted by Gasteiger charge is 2.00. The molecule has 0 saturated carbocycles. The van der Waals surface area contributed by atoms with Crippen LogP contribution in [0, 0.1) is 0 Å². The molecule has 22 heavy (non-hydrogen) atoms. The number of halogens is 1. The summed E-state index contributed by atoms with van der Waals surface area (Å²) < 4.78 is 0.961. The molecule has 0 amide bonds. The Bertz CT molecular complexity index is 686. The van der Waals surface area contributed by atoms with Gasteiger partial charge in [-0.15, -0.1) is 0 Å². The molecular formula is C18H17BrN2O. The number of hydrogen-bond acceptors (Lipinski definition) is 3. The van der Waals surface area contributed by atoms with Gasteiger partial charge in [0, 0.05) is 24.1 Å². The average molecular weight is 357 g/mol. The van der Waals surface area contributed by atoms with Crippen molar-refractivity contribution in [3.05, 3.63) is 75.8 Å². The summed E-state index contributed by atoms with van der Waals surface area (Å²) >= 11 is 3.36. The summed E-state index contributed by atoms with van der Waals surface area (Å²) in [5.41, 5.74) is 2.67. The summed E-state index contributed by atoms with van der Waals surface area (Å²) in [5, 5.41) is 5.92. The lowest BCUT2D eigenvalue weighted by atomic mass is 10.1. The van der Waals surface area contributed by atoms with E-state index in [1.165, 1.54) is 0 Å². The predicted octanol–water partition coefficient (Wildman–Crippen LogP) is 4.24. The van der Waals surface area contributed by atoms with Gasteiger partial charge in [-0.2, -0.15) is 5.10 Å². The minimum Gasteiger partial charge on any atom is -0.303 e. The number of carbonyl (C=O) groups excluding carboxylic acids is 1. The van der Waals surface area contributed by atoms with Gasteiger partial charge in [0.1, 0.15) is 0 Å². The minimum atomic E-state index is -0.00857. The molecule has 0 saturated heterocycles. The summed E-state index contributed by atoms with van der Waals surface area (Å²) in [6, 6.07) is 15.2. The largest absolute Gasteiger partial charge is 0.303 e. The van der Waals surface area contributed by atoms with Crippen molar-refractivity contribution in [3.8, 4) is 0 Å². The fraction of sp³-hybridized carbons (Fsp3) is 0.111. The maximum absolute atomic E-state index is 12.0. The van der Waals surface area contributed by atoms with Crippen molar-refractivity contribution in [2.24, 2.45) is 5.10 Å². The first-order chi connectivity index (χ1) is 10.5. The first-order valence-electron chi connectivity index (χ1n) is 6.84. The van der Waals surface area contributed by atoms with Gasteiger partial charge in [0.25, 0.3) is 0 Å². The molecule has 0 aliphatic rings. The smallest absolute Gasteiger partial charge is 0.185 e. The van der Waals surface area contributed by atoms with Crippen LogP contribution in [-0.2, 0) is 0 Å². The maximum atomic E-state index is 12.0. The van der Waals surface area contributed by atoms with Crippen molar-refractivity contribution >= 4 is 34.0 Å². The van der Waals surface area contributed by atoms with Gasteiger partial charge in [0.05, 0.1) is 6.21 Å². The van der Waals surface area contributed by atoms with E-state index < -0.39 is 0 Å². The highest BCUT2D eigenvalue weighted by Crippen LogP contribution is 2.12. The second-order valence-electron chi connectivity index (χ2n) is 4.96. The van der Waals surface area contributed by atoms with E-state index in [1.54, 1.807) is 29.4 Å². The minimum absolute atomic E-state index is 0.00857. The van der Waals surface area contributed by atoms with Gasteiger partial charge in [-0.05, 0) is 41.5 Å². The fourth-order valence-corrected chi connectivity index (χ4v) is 2.02. The molecule has 0 heterocycles. The Hall–Kier alpha value is -2.20. The zero-order chi connectivity index (χ0) is 15.9. The van der Waals surface area contributed by atoms with Crippen molar-refractivity contribution in [2.45, 2.75) is 0 Å². The van der Waals surface area contributed by atoms with Crippen molar-refractivity contribution in [2.75, 3.05) is 14.1 Å². The third-order valence-corrected chi connectivity index (χ3v) is 3.46. The highest BCUT2D eigenvalue weighted by molar-refractivity contribution is 9.10. The maximum Gasteiger partial charge on any atom is 0.185 e. The van der Waals surface area contributed by atoms with E-state index in [1.807, 2.05) is 56.6 Å². The molecule has 0 N–H and O–H groups in total. The standard InChI is InChI=1S/C18H17BrN2O/c1-21(2)20-13-15-5-3-14(4-6-15)7-12-18(22)16-8-10-17(19)11-9-16/h3-13H,1-2H3/b12-7+,20-13-. The average Bonchev–Trinajstić information content (AvgIpc) is 2.52. The summed E-state index contributed by atoms with van der Waals surface area (Å²) in [4.78, 5) is 12.0. The predicted molar refractivity (Wildman–Crippen MR) is 95.2 cm³/mol. The van der Waals surface area contributed by atoms with Crippen LogP contribution in [0.15, 0.2) is 64.2 Å². The molecular weight excluding hydrogens is 340 g/mol. The number of hydrogen-bond donors (Lipinski definition) is 0. The summed E-state index contributed by atoms with van der Waals surface area (Å²) in [6.45, 7) is 0. The Morgan fingerprint density at radius 2 is 1.59 bits per heavy atom. The zero-order valence-electron chi connectivity index (χ0n) is 12.5. The second-order valence-corrected chi connectivity index (χ2v) is 5.88. The number of ketones is 1. The Balaban J connectivity index is 2.03. The number of allylic oxidation sites excluding steroid dienone is 1. The lowest BCUT2D eigenvalue weighted by Crippen LogP contribution is -2.01. The third-order valence-electron chi connectivity index (χ3n) is 2.93. The quantitative estimate of drug-likeness (QED) is 0.347. The van der Waals surface area contributed by atoms with Gasteiger partial charge < -0.3 is 5.01 Å². The normalized spacial score (nSPS) is 11.2. The lowest BCUT2D eigenvalue weighted by molar-refractivity contribution is 0.104. The molecule has 0 aliphatic heterocycles. The number of rotatable bonds is 5. The molecule has 2 rings (SSSR count). The second kappa shape index (κ2) is 7.71. The van der Waals surface area contributed by atoms with E-state index in [2.05, 4.69) is 21.0 Å². The molecule has 2 aromatic rings. The van der Waals surface area contributed by atoms with Gasteiger partial charge in [0.2, 0.25) is 0 Å². The van der Waals surface area contributed by atoms with Crippen LogP contribution in [0.4, 0.5) is 0 Å². The zero-order valence-corrected chi connectivity index (χ0v) is 14.1. The number of carbonyl (C=O) groups is 1. The molecule has 112 valence electrons. The highest BCUT2D eigenvalue weighted by atomic mass is 79.9. The van der Waals surface area contributed by atoms with E-state index >= 15 is 0 Å². The Morgan fingerprint density at radius 1 is 1.00 bits per heavy atom. The molecule has 0 atom stereocenters. The molecule has 3 nitrogen and oxygen atoms in total. The molecule has 0 spiro atoms. The molecule has 0 fully saturated rings. The first-order valence-corrected chi connectivity index (χ1v) is 7.63. The molecule has 0 aliphatic carbocycles. The van der Waals surface area contributed by atoms with E-state index in [0.29, 0.717) is 5.56 Å². The van der Waals surface area contributed by atoms with Gasteiger partial charge in [0.15, 0.2) is 5.78 Å². The van der Waals surface area contributed by atoms with Gasteiger partial charge in [-0.25, -0.2) is 0 Å². The van der Waals surface area contributed by atoms with Crippen LogP contribution in [0.1, 0.15) is 21.5 Å². The van der Waals surface area contributed by atoms with Crippen LogP contribution in [0.3, 0.4) is 0 Å². The SMILES string of the molecule is CN(C)/N=C\c1ccc(/C=C/C(=O)c2ccc(Br)cc2)cc1. The van der Waals surface area contributed by atoms with Gasteiger partial charge in [-0.1, -0.05) is 46.3 Å². The van der Waals surface area contributed by atoms with E-state index in [-0.39, 0.29) is 5.78 Å². The van der Waals surface area contributed by atoms with Crippen LogP contribution in [-0.4, -0.2) is 31.1 Å². The Morgan fingerprint density at radius 3 is 2.18 bits per heavy atom. The van der Waals surface area contributed by atoms with Crippen molar-refractivity contribution in [1.82, 2.24) is 5.01 Å². The number of benzene rings is 2. The third kappa shape index (κ3) is 4.97. The first kappa shape index (κ1) is 16.2. The molecule has 0 aromatic heterocycles. The molecule has 0 radical (unpaired) electrons. The molecule has 2 aromatic carbocycles. The number of nitrogens with zero attached hydrogens (tertiary/aromatic N) is 2. The van der Waals surface area contributed by atoms with Crippen LogP contribution in [0.2, 0.25) is 0 Å². The van der Waals surface area contributed by atoms with Crippen molar-refractivity contribution in [3.63, 3.8) is 0 Å². The van der Waals surface area contributed by atoms with Crippen LogP contribution in [0.5, 0.6) is 0 Å². The van der Waals surface area contributed by atoms with Crippen LogP contribution in [0.25, 0.3) is 6.08 Å². The Kier molecular flexibility index (Phi) is 5.67. The summed E-state index contributed by atoms with van der Waals surface area (Å²) in [5.74, 6) is -0.00857. The molecule has 4 heteroatoms. The monoisotopic (exact) mass is 356 g/mol. The Labute approximate surface area is 139 Å². The summed E-state index contributed by atoms with van der Waals surface area (Å²) in [6.07, 6.45) is 5.20. The van der Waals surface area contributed by atoms with Crippen molar-refractivity contribution in [1.29, 1.82) is 0 Å². The van der Waals surface area contributed by atoms with Crippen LogP contribution < -0.4 is 0 Å². The molecule has 0 bridgehead atoms. The number of hydrazone groups is 1. The summed E-state index contributed by atoms with van der Waals surface area (Å²) in [7, 11) is 3.75. The molecule has 0 unspecified atom stereocenters. The van der Waals surface area contributed by atoms with Gasteiger partial charge in [-0.3, -0.25) is 4.79 Å². The van der Waals surface area contributed by atoms with Crippen molar-refractivity contribution < 1.29 is 4.79 Å². The lowest BCUT2D eigenvalue weighted by Gasteiger charge is -2.02. The van der Waals surface area contributed by atoms with E-state index in [9.17, 15) is 4.79 Å². The van der Waals surface area contributed by atoms with E-state index in [4.69, 9.17) is 0 Å². The van der Waals surface area contributed by atoms with E-state index in [0.717, 1.165) is 15.6 Å².